The summed E-state index contributed by atoms with van der Waals surface area (Å²) in [5.74, 6) is 0.465. The minimum Gasteiger partial charge on any atom is -0.492 e. The maximum absolute atomic E-state index is 11.3. The Morgan fingerprint density at radius 3 is 2.94 bits per heavy atom. The van der Waals surface area contributed by atoms with Crippen molar-refractivity contribution < 1.29 is 4.74 Å². The lowest BCUT2D eigenvalue weighted by atomic mass is 10.2. The van der Waals surface area contributed by atoms with Crippen molar-refractivity contribution in [2.75, 3.05) is 12.3 Å². The molecule has 0 radical (unpaired) electrons. The molecule has 17 heavy (non-hydrogen) atoms. The molecule has 8 heteroatoms. The van der Waals surface area contributed by atoms with Gasteiger partial charge in [0.2, 0.25) is 0 Å². The van der Waals surface area contributed by atoms with E-state index in [2.05, 4.69) is 15.5 Å². The molecule has 1 heterocycles. The Morgan fingerprint density at radius 2 is 2.35 bits per heavy atom. The second kappa shape index (κ2) is 4.46. The summed E-state index contributed by atoms with van der Waals surface area (Å²) in [6.45, 7) is 2.31. The van der Waals surface area contributed by atoms with Crippen molar-refractivity contribution in [1.29, 1.82) is 0 Å². The van der Waals surface area contributed by atoms with Gasteiger partial charge >= 0.3 is 5.69 Å². The number of hydrogen-bond acceptors (Lipinski definition) is 5. The van der Waals surface area contributed by atoms with Crippen LogP contribution in [-0.2, 0) is 0 Å². The summed E-state index contributed by atoms with van der Waals surface area (Å²) >= 11 is 6.00. The number of nitrogens with zero attached hydrogens (tertiary/aromatic N) is 3. The van der Waals surface area contributed by atoms with Gasteiger partial charge in [0.05, 0.1) is 23.0 Å². The molecule has 7 nitrogen and oxygen atoms in total. The Labute approximate surface area is 101 Å². The largest absolute Gasteiger partial charge is 0.492 e. The zero-order valence-electron chi connectivity index (χ0n) is 8.98. The van der Waals surface area contributed by atoms with Gasteiger partial charge in [-0.2, -0.15) is 4.68 Å². The molecule has 0 unspecified atom stereocenters. The molecule has 1 aromatic heterocycles. The average molecular weight is 256 g/mol. The predicted octanol–water partition coefficient (Wildman–Crippen LogP) is 0.590. The van der Waals surface area contributed by atoms with Gasteiger partial charge in [0, 0.05) is 6.07 Å². The van der Waals surface area contributed by atoms with Crippen LogP contribution >= 0.6 is 11.6 Å². The molecule has 0 spiro atoms. The smallest absolute Gasteiger partial charge is 0.365 e. The van der Waals surface area contributed by atoms with Gasteiger partial charge in [0.15, 0.2) is 0 Å². The first kappa shape index (κ1) is 11.5. The minimum atomic E-state index is -0.489. The Kier molecular flexibility index (Phi) is 3.01. The van der Waals surface area contributed by atoms with Gasteiger partial charge in [-0.15, -0.1) is 0 Å². The Balaban J connectivity index is 2.54. The van der Waals surface area contributed by atoms with E-state index in [0.717, 1.165) is 4.68 Å². The summed E-state index contributed by atoms with van der Waals surface area (Å²) in [4.78, 5) is 11.3. The number of anilines is 1. The van der Waals surface area contributed by atoms with Crippen LogP contribution in [0.25, 0.3) is 5.69 Å². The topological polar surface area (TPSA) is 98.8 Å². The molecule has 0 bridgehead atoms. The SMILES string of the molecule is CCOc1cc(N)c(-n2nn[nH]c2=O)cc1Cl. The molecular formula is C9H10ClN5O2. The summed E-state index contributed by atoms with van der Waals surface area (Å²) < 4.78 is 6.30. The number of halogens is 1. The first-order valence-corrected chi connectivity index (χ1v) is 5.24. The molecule has 2 aromatic rings. The number of ether oxygens (including phenoxy) is 1. The van der Waals surface area contributed by atoms with Crippen molar-refractivity contribution in [1.82, 2.24) is 20.2 Å². The molecule has 2 rings (SSSR count). The number of benzene rings is 1. The number of nitrogen functional groups attached to an aromatic ring is 1. The summed E-state index contributed by atoms with van der Waals surface area (Å²) in [6.07, 6.45) is 0. The van der Waals surface area contributed by atoms with Crippen LogP contribution in [0.5, 0.6) is 5.75 Å². The molecule has 0 saturated heterocycles. The zero-order chi connectivity index (χ0) is 12.4. The molecule has 0 saturated carbocycles. The van der Waals surface area contributed by atoms with Crippen LogP contribution in [0.3, 0.4) is 0 Å². The first-order valence-electron chi connectivity index (χ1n) is 4.86. The summed E-state index contributed by atoms with van der Waals surface area (Å²) in [6, 6.07) is 3.05. The van der Waals surface area contributed by atoms with Gasteiger partial charge in [0.25, 0.3) is 0 Å². The van der Waals surface area contributed by atoms with Crippen LogP contribution in [0.2, 0.25) is 5.02 Å². The number of rotatable bonds is 3. The first-order chi connectivity index (χ1) is 8.13. The van der Waals surface area contributed by atoms with E-state index in [0.29, 0.717) is 28.8 Å². The fourth-order valence-corrected chi connectivity index (χ4v) is 1.58. The van der Waals surface area contributed by atoms with Gasteiger partial charge in [-0.05, 0) is 23.4 Å². The number of aromatic amines is 1. The fraction of sp³-hybridized carbons (Fsp3) is 0.222. The summed E-state index contributed by atoms with van der Waals surface area (Å²) in [7, 11) is 0. The lowest BCUT2D eigenvalue weighted by molar-refractivity contribution is 0.340. The van der Waals surface area contributed by atoms with Crippen molar-refractivity contribution in [2.24, 2.45) is 0 Å². The predicted molar refractivity (Wildman–Crippen MR) is 62.6 cm³/mol. The standard InChI is InChI=1S/C9H10ClN5O2/c1-2-17-8-4-6(11)7(3-5(8)10)15-9(16)12-13-14-15/h3-4H,2,11H2,1H3,(H,12,14,16). The highest BCUT2D eigenvalue weighted by atomic mass is 35.5. The molecule has 0 aliphatic heterocycles. The molecule has 0 fully saturated rings. The molecule has 0 atom stereocenters. The monoisotopic (exact) mass is 255 g/mol. The molecule has 3 N–H and O–H groups in total. The third-order valence-corrected chi connectivity index (χ3v) is 2.38. The second-order valence-electron chi connectivity index (χ2n) is 3.19. The van der Waals surface area contributed by atoms with Gasteiger partial charge in [-0.1, -0.05) is 11.6 Å². The van der Waals surface area contributed by atoms with Crippen molar-refractivity contribution in [3.8, 4) is 11.4 Å². The lowest BCUT2D eigenvalue weighted by Gasteiger charge is -2.09. The normalized spacial score (nSPS) is 10.5. The highest BCUT2D eigenvalue weighted by Gasteiger charge is 2.12. The quantitative estimate of drug-likeness (QED) is 0.782. The summed E-state index contributed by atoms with van der Waals surface area (Å²) in [5, 5.41) is 9.48. The number of nitrogens with two attached hydrogens (primary N) is 1. The molecule has 90 valence electrons. The molecular weight excluding hydrogens is 246 g/mol. The van der Waals surface area contributed by atoms with E-state index < -0.39 is 5.69 Å². The van der Waals surface area contributed by atoms with Crippen molar-refractivity contribution >= 4 is 17.3 Å². The Hall–Kier alpha value is -2.02. The van der Waals surface area contributed by atoms with E-state index in [1.54, 1.807) is 6.07 Å². The Morgan fingerprint density at radius 1 is 1.59 bits per heavy atom. The lowest BCUT2D eigenvalue weighted by Crippen LogP contribution is -2.17. The number of nitrogens with one attached hydrogen (secondary N) is 1. The highest BCUT2D eigenvalue weighted by Crippen LogP contribution is 2.30. The fourth-order valence-electron chi connectivity index (χ4n) is 1.36. The average Bonchev–Trinajstić information content (AvgIpc) is 2.70. The molecule has 0 aliphatic rings. The van der Waals surface area contributed by atoms with Gasteiger partial charge in [-0.3, -0.25) is 0 Å². The Bertz CT molecular complexity index is 591. The maximum Gasteiger partial charge on any atom is 0.365 e. The second-order valence-corrected chi connectivity index (χ2v) is 3.60. The van der Waals surface area contributed by atoms with E-state index in [9.17, 15) is 4.79 Å². The summed E-state index contributed by atoms with van der Waals surface area (Å²) in [5.41, 5.74) is 6.00. The minimum absolute atomic E-state index is 0.328. The number of tetrazole rings is 1. The van der Waals surface area contributed by atoms with E-state index >= 15 is 0 Å². The van der Waals surface area contributed by atoms with Crippen LogP contribution in [0.15, 0.2) is 16.9 Å². The molecule has 0 amide bonds. The zero-order valence-corrected chi connectivity index (χ0v) is 9.73. The third kappa shape index (κ3) is 2.09. The van der Waals surface area contributed by atoms with E-state index in [-0.39, 0.29) is 0 Å². The van der Waals surface area contributed by atoms with Gasteiger partial charge in [0.1, 0.15) is 5.75 Å². The number of aromatic nitrogens is 4. The van der Waals surface area contributed by atoms with Crippen LogP contribution < -0.4 is 16.2 Å². The van der Waals surface area contributed by atoms with E-state index in [4.69, 9.17) is 22.1 Å². The van der Waals surface area contributed by atoms with E-state index in [1.165, 1.54) is 6.07 Å². The van der Waals surface area contributed by atoms with Crippen LogP contribution in [-0.4, -0.2) is 26.8 Å². The van der Waals surface area contributed by atoms with Crippen molar-refractivity contribution in [2.45, 2.75) is 6.92 Å². The number of H-pyrrole nitrogens is 1. The van der Waals surface area contributed by atoms with E-state index in [1.807, 2.05) is 6.92 Å². The van der Waals surface area contributed by atoms with Gasteiger partial charge < -0.3 is 10.5 Å². The van der Waals surface area contributed by atoms with Crippen LogP contribution in [0.4, 0.5) is 5.69 Å². The third-order valence-electron chi connectivity index (χ3n) is 2.08. The van der Waals surface area contributed by atoms with Crippen molar-refractivity contribution in [3.05, 3.63) is 27.6 Å². The molecule has 0 aliphatic carbocycles. The molecule has 1 aromatic carbocycles. The maximum atomic E-state index is 11.3. The number of hydrogen-bond donors (Lipinski definition) is 2. The van der Waals surface area contributed by atoms with Gasteiger partial charge in [-0.25, -0.2) is 9.89 Å². The van der Waals surface area contributed by atoms with Crippen LogP contribution in [0.1, 0.15) is 6.92 Å². The van der Waals surface area contributed by atoms with Crippen LogP contribution in [0, 0.1) is 0 Å². The highest BCUT2D eigenvalue weighted by molar-refractivity contribution is 6.32. The van der Waals surface area contributed by atoms with Crippen molar-refractivity contribution in [3.63, 3.8) is 0 Å².